The summed E-state index contributed by atoms with van der Waals surface area (Å²) in [6, 6.07) is 0. The summed E-state index contributed by atoms with van der Waals surface area (Å²) in [5, 5.41) is 10.5. The molecule has 0 aromatic rings. The number of alkyl halides is 1. The number of nitro groups is 1. The van der Waals surface area contributed by atoms with E-state index in [2.05, 4.69) is 25.4 Å². The molecule has 0 rings (SSSR count). The predicted octanol–water partition coefficient (Wildman–Crippen LogP) is 0.479. The van der Waals surface area contributed by atoms with Crippen LogP contribution in [0.15, 0.2) is 0 Å². The lowest BCUT2D eigenvalue weighted by Crippen LogP contribution is -2.37. The summed E-state index contributed by atoms with van der Waals surface area (Å²) >= 11 is 2.91. The van der Waals surface area contributed by atoms with Gasteiger partial charge in [0.15, 0.2) is 4.83 Å². The minimum Gasteiger partial charge on any atom is -0.464 e. The van der Waals surface area contributed by atoms with Gasteiger partial charge in [-0.3, -0.25) is 19.7 Å². The Kier molecular flexibility index (Phi) is 5.83. The quantitative estimate of drug-likeness (QED) is 0.239. The molecule has 0 spiro atoms. The van der Waals surface area contributed by atoms with Gasteiger partial charge in [-0.15, -0.1) is 0 Å². The lowest BCUT2D eigenvalue weighted by atomic mass is 10.4. The fourth-order valence-corrected chi connectivity index (χ4v) is 1.13. The Hall–Kier alpha value is -1.18. The van der Waals surface area contributed by atoms with Gasteiger partial charge < -0.3 is 9.47 Å². The molecule has 0 aromatic heterocycles. The lowest BCUT2D eigenvalue weighted by Gasteiger charge is -2.14. The predicted molar refractivity (Wildman–Crippen MR) is 51.9 cm³/mol. The number of carbonyl (C=O) groups is 2. The maximum atomic E-state index is 10.5. The third-order valence-electron chi connectivity index (χ3n) is 1.25. The average molecular weight is 284 g/mol. The lowest BCUT2D eigenvalue weighted by molar-refractivity contribution is -0.566. The summed E-state index contributed by atoms with van der Waals surface area (Å²) in [6.45, 7) is 1.99. The van der Waals surface area contributed by atoms with E-state index in [9.17, 15) is 19.7 Å². The highest BCUT2D eigenvalue weighted by Gasteiger charge is 2.33. The normalized spacial score (nSPS) is 13.8. The molecule has 0 fully saturated rings. The Morgan fingerprint density at radius 1 is 1.40 bits per heavy atom. The SMILES string of the molecule is CC(=O)OCC(Br)C(OC(C)=O)[N+](=O)[O-]. The summed E-state index contributed by atoms with van der Waals surface area (Å²) in [5.41, 5.74) is 0. The Morgan fingerprint density at radius 2 is 1.93 bits per heavy atom. The maximum absolute atomic E-state index is 10.5. The molecule has 7 nitrogen and oxygen atoms in total. The largest absolute Gasteiger partial charge is 0.464 e. The van der Waals surface area contributed by atoms with Crippen molar-refractivity contribution in [3.63, 3.8) is 0 Å². The maximum Gasteiger partial charge on any atom is 0.371 e. The molecule has 0 saturated heterocycles. The molecular formula is C7H10BrNO6. The van der Waals surface area contributed by atoms with Crippen LogP contribution in [0.4, 0.5) is 0 Å². The molecular weight excluding hydrogens is 274 g/mol. The van der Waals surface area contributed by atoms with Crippen LogP contribution in [0.1, 0.15) is 13.8 Å². The third-order valence-corrected chi connectivity index (χ3v) is 1.97. The number of nitrogens with zero attached hydrogens (tertiary/aromatic N) is 1. The third kappa shape index (κ3) is 6.00. The molecule has 0 radical (unpaired) electrons. The van der Waals surface area contributed by atoms with Crippen LogP contribution in [0, 0.1) is 10.1 Å². The van der Waals surface area contributed by atoms with Crippen LogP contribution < -0.4 is 0 Å². The van der Waals surface area contributed by atoms with Crippen molar-refractivity contribution in [1.82, 2.24) is 0 Å². The van der Waals surface area contributed by atoms with Gasteiger partial charge in [0, 0.05) is 13.8 Å². The second-order valence-corrected chi connectivity index (χ2v) is 3.78. The van der Waals surface area contributed by atoms with E-state index in [4.69, 9.17) is 0 Å². The van der Waals surface area contributed by atoms with Gasteiger partial charge >= 0.3 is 18.2 Å². The number of halogens is 1. The summed E-state index contributed by atoms with van der Waals surface area (Å²) < 4.78 is 8.96. The zero-order chi connectivity index (χ0) is 12.0. The first-order valence-electron chi connectivity index (χ1n) is 3.92. The molecule has 0 aliphatic rings. The molecule has 0 saturated carbocycles. The van der Waals surface area contributed by atoms with Crippen molar-refractivity contribution in [2.75, 3.05) is 6.61 Å². The van der Waals surface area contributed by atoms with Crippen LogP contribution in [-0.4, -0.2) is 34.5 Å². The molecule has 0 amide bonds. The average Bonchev–Trinajstić information content (AvgIpc) is 2.09. The van der Waals surface area contributed by atoms with Crippen LogP contribution >= 0.6 is 15.9 Å². The van der Waals surface area contributed by atoms with Crippen molar-refractivity contribution in [2.45, 2.75) is 24.9 Å². The highest BCUT2D eigenvalue weighted by molar-refractivity contribution is 9.09. The molecule has 86 valence electrons. The summed E-state index contributed by atoms with van der Waals surface area (Å²) in [7, 11) is 0. The van der Waals surface area contributed by atoms with Gasteiger partial charge in [-0.05, 0) is 0 Å². The van der Waals surface area contributed by atoms with Gasteiger partial charge in [0.05, 0.1) is 4.92 Å². The molecule has 0 aliphatic heterocycles. The molecule has 8 heteroatoms. The van der Waals surface area contributed by atoms with E-state index in [1.807, 2.05) is 0 Å². The fourth-order valence-electron chi connectivity index (χ4n) is 0.698. The van der Waals surface area contributed by atoms with Crippen molar-refractivity contribution in [2.24, 2.45) is 0 Å². The summed E-state index contributed by atoms with van der Waals surface area (Å²) in [4.78, 5) is 29.8. The van der Waals surface area contributed by atoms with Crippen molar-refractivity contribution < 1.29 is 24.0 Å². The van der Waals surface area contributed by atoms with E-state index >= 15 is 0 Å². The minimum atomic E-state index is -1.57. The number of esters is 2. The zero-order valence-electron chi connectivity index (χ0n) is 8.14. The molecule has 0 aromatic carbocycles. The van der Waals surface area contributed by atoms with Gasteiger partial charge in [-0.2, -0.15) is 0 Å². The molecule has 2 unspecified atom stereocenters. The highest BCUT2D eigenvalue weighted by atomic mass is 79.9. The first-order chi connectivity index (χ1) is 6.84. The van der Waals surface area contributed by atoms with Gasteiger partial charge in [-0.1, -0.05) is 15.9 Å². The smallest absolute Gasteiger partial charge is 0.371 e. The van der Waals surface area contributed by atoms with Crippen LogP contribution in [-0.2, 0) is 19.1 Å². The van der Waals surface area contributed by atoms with Crippen molar-refractivity contribution in [3.05, 3.63) is 10.1 Å². The van der Waals surface area contributed by atoms with Crippen molar-refractivity contribution in [3.8, 4) is 0 Å². The first-order valence-corrected chi connectivity index (χ1v) is 4.84. The number of ether oxygens (including phenoxy) is 2. The highest BCUT2D eigenvalue weighted by Crippen LogP contribution is 2.11. The Bertz CT molecular complexity index is 268. The van der Waals surface area contributed by atoms with Gasteiger partial charge in [0.1, 0.15) is 6.61 Å². The van der Waals surface area contributed by atoms with Crippen molar-refractivity contribution in [1.29, 1.82) is 0 Å². The van der Waals surface area contributed by atoms with Gasteiger partial charge in [-0.25, -0.2) is 0 Å². The topological polar surface area (TPSA) is 95.7 Å². The second kappa shape index (κ2) is 6.33. The summed E-state index contributed by atoms with van der Waals surface area (Å²) in [6.07, 6.45) is -1.57. The Morgan fingerprint density at radius 3 is 2.27 bits per heavy atom. The minimum absolute atomic E-state index is 0.242. The van der Waals surface area contributed by atoms with Crippen LogP contribution in [0.3, 0.4) is 0 Å². The van der Waals surface area contributed by atoms with Crippen LogP contribution in [0.2, 0.25) is 0 Å². The summed E-state index contributed by atoms with van der Waals surface area (Å²) in [5.74, 6) is -1.34. The van der Waals surface area contributed by atoms with Crippen LogP contribution in [0.25, 0.3) is 0 Å². The van der Waals surface area contributed by atoms with Gasteiger partial charge in [0.2, 0.25) is 0 Å². The second-order valence-electron chi connectivity index (χ2n) is 2.60. The first kappa shape index (κ1) is 13.8. The van der Waals surface area contributed by atoms with Crippen LogP contribution in [0.5, 0.6) is 0 Å². The number of hydrogen-bond acceptors (Lipinski definition) is 6. The number of carbonyl (C=O) groups excluding carboxylic acids is 2. The molecule has 0 N–H and O–H groups in total. The molecule has 0 bridgehead atoms. The standard InChI is InChI=1S/C7H10BrNO6/c1-4(10)14-3-6(8)7(9(12)13)15-5(2)11/h6-7H,3H2,1-2H3. The number of hydrogen-bond donors (Lipinski definition) is 0. The van der Waals surface area contributed by atoms with E-state index < -0.39 is 27.9 Å². The number of rotatable bonds is 5. The Labute approximate surface area is 94.0 Å². The van der Waals surface area contributed by atoms with E-state index in [1.165, 1.54) is 6.92 Å². The molecule has 2 atom stereocenters. The van der Waals surface area contributed by atoms with E-state index in [0.29, 0.717) is 0 Å². The zero-order valence-corrected chi connectivity index (χ0v) is 9.72. The fraction of sp³-hybridized carbons (Fsp3) is 0.714. The van der Waals surface area contributed by atoms with E-state index in [1.54, 1.807) is 0 Å². The Balaban J connectivity index is 4.28. The molecule has 0 heterocycles. The molecule has 15 heavy (non-hydrogen) atoms. The monoisotopic (exact) mass is 283 g/mol. The van der Waals surface area contributed by atoms with E-state index in [0.717, 1.165) is 6.92 Å². The van der Waals surface area contributed by atoms with Crippen molar-refractivity contribution >= 4 is 27.9 Å². The molecule has 0 aliphatic carbocycles. The van der Waals surface area contributed by atoms with Gasteiger partial charge in [0.25, 0.3) is 0 Å². The van der Waals surface area contributed by atoms with E-state index in [-0.39, 0.29) is 6.61 Å².